The molecule has 0 aliphatic carbocycles. The Morgan fingerprint density at radius 3 is 1.77 bits per heavy atom. The van der Waals surface area contributed by atoms with E-state index >= 15 is 0 Å². The van der Waals surface area contributed by atoms with Crippen molar-refractivity contribution in [1.82, 2.24) is 9.80 Å². The highest BCUT2D eigenvalue weighted by Crippen LogP contribution is 1.97. The van der Waals surface area contributed by atoms with Gasteiger partial charge in [-0.1, -0.05) is 27.4 Å². The normalized spacial score (nSPS) is 18.1. The average Bonchev–Trinajstić information content (AvgIpc) is 2.05. The van der Waals surface area contributed by atoms with E-state index in [4.69, 9.17) is 0 Å². The van der Waals surface area contributed by atoms with Crippen LogP contribution in [0.3, 0.4) is 0 Å². The first-order chi connectivity index (χ1) is 6.06. The third kappa shape index (κ3) is 7.85. The second-order valence-electron chi connectivity index (χ2n) is 4.25. The zero-order valence-corrected chi connectivity index (χ0v) is 9.58. The summed E-state index contributed by atoms with van der Waals surface area (Å²) in [6.07, 6.45) is 1.92. The van der Waals surface area contributed by atoms with Crippen LogP contribution in [0.15, 0.2) is 12.8 Å². The molecule has 0 radical (unpaired) electrons. The largest absolute Gasteiger partial charge is 0.375 e. The molecule has 13 heavy (non-hydrogen) atoms. The van der Waals surface area contributed by atoms with Crippen molar-refractivity contribution < 1.29 is 0 Å². The average molecular weight is 184 g/mol. The van der Waals surface area contributed by atoms with Crippen LogP contribution in [-0.4, -0.2) is 43.0 Å². The maximum Gasteiger partial charge on any atom is 0.0300 e. The Kier molecular flexibility index (Phi) is 6.69. The highest BCUT2D eigenvalue weighted by molar-refractivity contribution is 4.76. The van der Waals surface area contributed by atoms with Gasteiger partial charge in [0, 0.05) is 26.2 Å². The molecule has 1 rings (SSSR count). The topological polar surface area (TPSA) is 6.48 Å². The molecule has 1 aliphatic rings. The summed E-state index contributed by atoms with van der Waals surface area (Å²) in [4.78, 5) is 4.58. The Balaban J connectivity index is 0.000000310. The molecule has 0 bridgehead atoms. The van der Waals surface area contributed by atoms with Crippen LogP contribution >= 0.6 is 0 Å². The lowest BCUT2D eigenvalue weighted by Gasteiger charge is -2.31. The summed E-state index contributed by atoms with van der Waals surface area (Å²) in [5, 5.41) is 0. The van der Waals surface area contributed by atoms with Gasteiger partial charge < -0.3 is 9.80 Å². The van der Waals surface area contributed by atoms with Crippen molar-refractivity contribution in [3.05, 3.63) is 12.8 Å². The van der Waals surface area contributed by atoms with Crippen LogP contribution in [0.5, 0.6) is 0 Å². The molecule has 0 atom stereocenters. The minimum absolute atomic E-state index is 0.833. The summed E-state index contributed by atoms with van der Waals surface area (Å²) in [7, 11) is 2.15. The minimum atomic E-state index is 0.833. The summed E-state index contributed by atoms with van der Waals surface area (Å²) in [6, 6.07) is 0. The van der Waals surface area contributed by atoms with Gasteiger partial charge in [0.15, 0.2) is 0 Å². The van der Waals surface area contributed by atoms with Gasteiger partial charge >= 0.3 is 0 Å². The van der Waals surface area contributed by atoms with Gasteiger partial charge in [-0.2, -0.15) is 0 Å². The van der Waals surface area contributed by atoms with Crippen LogP contribution in [-0.2, 0) is 0 Å². The van der Waals surface area contributed by atoms with E-state index in [-0.39, 0.29) is 0 Å². The van der Waals surface area contributed by atoms with Gasteiger partial charge in [0.05, 0.1) is 0 Å². The van der Waals surface area contributed by atoms with Crippen molar-refractivity contribution in [2.45, 2.75) is 20.8 Å². The van der Waals surface area contributed by atoms with E-state index in [1.807, 2.05) is 6.20 Å². The molecule has 0 aromatic heterocycles. The molecule has 0 saturated carbocycles. The molecule has 1 heterocycles. The Hall–Kier alpha value is -0.500. The predicted molar refractivity (Wildman–Crippen MR) is 59.8 cm³/mol. The Bertz CT molecular complexity index is 121. The summed E-state index contributed by atoms with van der Waals surface area (Å²) in [5.74, 6) is 0.833. The zero-order chi connectivity index (χ0) is 10.3. The van der Waals surface area contributed by atoms with Gasteiger partial charge in [0.1, 0.15) is 0 Å². The third-order valence-electron chi connectivity index (χ3n) is 1.80. The van der Waals surface area contributed by atoms with Crippen LogP contribution in [0.2, 0.25) is 0 Å². The summed E-state index contributed by atoms with van der Waals surface area (Å²) >= 11 is 0. The molecule has 0 aromatic rings. The number of hydrogen-bond acceptors (Lipinski definition) is 2. The fraction of sp³-hybridized carbons (Fsp3) is 0.818. The fourth-order valence-corrected chi connectivity index (χ4v) is 1.00. The molecular weight excluding hydrogens is 160 g/mol. The number of hydrogen-bond donors (Lipinski definition) is 0. The van der Waals surface area contributed by atoms with Crippen molar-refractivity contribution in [2.24, 2.45) is 5.92 Å². The molecule has 1 saturated heterocycles. The highest BCUT2D eigenvalue weighted by Gasteiger charge is 2.08. The van der Waals surface area contributed by atoms with E-state index in [0.717, 1.165) is 19.0 Å². The molecule has 0 unspecified atom stereocenters. The minimum Gasteiger partial charge on any atom is -0.375 e. The van der Waals surface area contributed by atoms with Crippen LogP contribution < -0.4 is 0 Å². The van der Waals surface area contributed by atoms with Crippen molar-refractivity contribution in [3.63, 3.8) is 0 Å². The first kappa shape index (κ1) is 12.5. The molecule has 0 spiro atoms. The number of rotatable bonds is 1. The summed E-state index contributed by atoms with van der Waals surface area (Å²) in [6.45, 7) is 14.8. The van der Waals surface area contributed by atoms with Gasteiger partial charge in [0.2, 0.25) is 0 Å². The van der Waals surface area contributed by atoms with Gasteiger partial charge in [-0.05, 0) is 19.2 Å². The van der Waals surface area contributed by atoms with E-state index in [1.165, 1.54) is 13.1 Å². The molecule has 2 nitrogen and oxygen atoms in total. The molecule has 78 valence electrons. The monoisotopic (exact) mass is 184 g/mol. The van der Waals surface area contributed by atoms with Gasteiger partial charge in [-0.15, -0.1) is 0 Å². The zero-order valence-electron chi connectivity index (χ0n) is 9.58. The van der Waals surface area contributed by atoms with Gasteiger partial charge in [-0.3, -0.25) is 0 Å². The lowest BCUT2D eigenvalue weighted by atomic mass is 10.3. The molecular formula is C11H24N2. The van der Waals surface area contributed by atoms with Crippen molar-refractivity contribution in [1.29, 1.82) is 0 Å². The molecule has 0 amide bonds. The first-order valence-corrected chi connectivity index (χ1v) is 5.11. The van der Waals surface area contributed by atoms with Gasteiger partial charge in [-0.25, -0.2) is 0 Å². The number of likely N-dealkylation sites (N-methyl/N-ethyl adjacent to an activating group) is 1. The molecule has 1 fully saturated rings. The highest BCUT2D eigenvalue weighted by atomic mass is 15.2. The second-order valence-corrected chi connectivity index (χ2v) is 4.25. The molecule has 2 heteroatoms. The van der Waals surface area contributed by atoms with Crippen LogP contribution in [0, 0.1) is 5.92 Å². The van der Waals surface area contributed by atoms with E-state index in [1.54, 1.807) is 0 Å². The Labute approximate surface area is 83.2 Å². The van der Waals surface area contributed by atoms with E-state index < -0.39 is 0 Å². The third-order valence-corrected chi connectivity index (χ3v) is 1.80. The summed E-state index contributed by atoms with van der Waals surface area (Å²) in [5.41, 5.74) is 0. The smallest absolute Gasteiger partial charge is 0.0300 e. The van der Waals surface area contributed by atoms with Gasteiger partial charge in [0.25, 0.3) is 0 Å². The van der Waals surface area contributed by atoms with E-state index in [9.17, 15) is 0 Å². The molecule has 0 N–H and O–H groups in total. The maximum atomic E-state index is 3.72. The fourth-order valence-electron chi connectivity index (χ4n) is 1.00. The summed E-state index contributed by atoms with van der Waals surface area (Å²) < 4.78 is 0. The first-order valence-electron chi connectivity index (χ1n) is 5.11. The predicted octanol–water partition coefficient (Wildman–Crippen LogP) is 2.04. The maximum absolute atomic E-state index is 3.72. The van der Waals surface area contributed by atoms with Crippen molar-refractivity contribution >= 4 is 0 Å². The SMILES string of the molecule is C=CN1CCN(C)CC1.CC(C)C. The standard InChI is InChI=1S/C7H14N2.C4H10/c1-3-9-6-4-8(2)5-7-9;1-4(2)3/h3H,1,4-7H2,2H3;4H,1-3H3. The molecule has 1 aliphatic heterocycles. The number of piperazine rings is 1. The van der Waals surface area contributed by atoms with E-state index in [2.05, 4.69) is 44.2 Å². The lowest BCUT2D eigenvalue weighted by molar-refractivity contribution is 0.199. The second kappa shape index (κ2) is 6.96. The molecule has 0 aromatic carbocycles. The van der Waals surface area contributed by atoms with Crippen molar-refractivity contribution in [2.75, 3.05) is 33.2 Å². The Morgan fingerprint density at radius 2 is 1.46 bits per heavy atom. The quantitative estimate of drug-likeness (QED) is 0.615. The lowest BCUT2D eigenvalue weighted by Crippen LogP contribution is -2.41. The Morgan fingerprint density at radius 1 is 1.08 bits per heavy atom. The van der Waals surface area contributed by atoms with E-state index in [0.29, 0.717) is 0 Å². The van der Waals surface area contributed by atoms with Crippen LogP contribution in [0.1, 0.15) is 20.8 Å². The van der Waals surface area contributed by atoms with Crippen molar-refractivity contribution in [3.8, 4) is 0 Å². The van der Waals surface area contributed by atoms with Crippen LogP contribution in [0.4, 0.5) is 0 Å². The van der Waals surface area contributed by atoms with Crippen LogP contribution in [0.25, 0.3) is 0 Å². The number of nitrogens with zero attached hydrogens (tertiary/aromatic N) is 2.